The smallest absolute Gasteiger partial charge is 0.308 e. The Morgan fingerprint density at radius 3 is 2.33 bits per heavy atom. The van der Waals surface area contributed by atoms with Crippen LogP contribution in [-0.2, 0) is 25.5 Å². The first-order valence-electron chi connectivity index (χ1n) is 10.7. The largest absolute Gasteiger partial charge is 0.456 e. The lowest BCUT2D eigenvalue weighted by Gasteiger charge is -2.09. The van der Waals surface area contributed by atoms with Crippen molar-refractivity contribution < 1.29 is 19.1 Å². The highest BCUT2D eigenvalue weighted by atomic mass is 16.5. The van der Waals surface area contributed by atoms with Crippen LogP contribution in [0.15, 0.2) is 54.6 Å². The molecule has 172 valence electrons. The molecule has 3 rings (SSSR count). The van der Waals surface area contributed by atoms with E-state index in [1.807, 2.05) is 68.4 Å². The van der Waals surface area contributed by atoms with Crippen molar-refractivity contribution in [1.82, 2.24) is 15.1 Å². The molecule has 0 fully saturated rings. The first-order chi connectivity index (χ1) is 15.8. The molecule has 2 amide bonds. The number of carbonyl (C=O) groups is 3. The summed E-state index contributed by atoms with van der Waals surface area (Å²) in [4.78, 5) is 36.1. The molecule has 0 aliphatic carbocycles. The van der Waals surface area contributed by atoms with Crippen LogP contribution in [-0.4, -0.2) is 40.7 Å². The van der Waals surface area contributed by atoms with E-state index in [1.54, 1.807) is 11.6 Å². The maximum atomic E-state index is 12.3. The van der Waals surface area contributed by atoms with E-state index in [-0.39, 0.29) is 25.3 Å². The maximum absolute atomic E-state index is 12.3. The summed E-state index contributed by atoms with van der Waals surface area (Å²) < 4.78 is 6.79. The van der Waals surface area contributed by atoms with Crippen molar-refractivity contribution in [3.05, 3.63) is 77.1 Å². The van der Waals surface area contributed by atoms with Gasteiger partial charge in [0.1, 0.15) is 0 Å². The van der Waals surface area contributed by atoms with Crippen LogP contribution in [0.25, 0.3) is 5.69 Å². The van der Waals surface area contributed by atoms with Crippen molar-refractivity contribution in [2.45, 2.75) is 33.6 Å². The highest BCUT2D eigenvalue weighted by Gasteiger charge is 2.16. The van der Waals surface area contributed by atoms with Gasteiger partial charge < -0.3 is 15.4 Å². The SMILES string of the molecule is Cc1ccc(-n2nc(C)c(NC(=O)COC(=O)CCNC(=O)Cc3ccccc3)c2C)cc1. The number of esters is 1. The Morgan fingerprint density at radius 2 is 1.64 bits per heavy atom. The summed E-state index contributed by atoms with van der Waals surface area (Å²) in [5.41, 5.74) is 4.95. The number of nitrogens with one attached hydrogen (secondary N) is 2. The van der Waals surface area contributed by atoms with Crippen LogP contribution in [0.4, 0.5) is 5.69 Å². The van der Waals surface area contributed by atoms with Gasteiger partial charge in [0.2, 0.25) is 5.91 Å². The van der Waals surface area contributed by atoms with Crippen LogP contribution < -0.4 is 10.6 Å². The zero-order valence-corrected chi connectivity index (χ0v) is 19.1. The third-order valence-corrected chi connectivity index (χ3v) is 5.06. The van der Waals surface area contributed by atoms with Crippen molar-refractivity contribution in [2.24, 2.45) is 0 Å². The van der Waals surface area contributed by atoms with Gasteiger partial charge >= 0.3 is 5.97 Å². The number of amides is 2. The van der Waals surface area contributed by atoms with Gasteiger partial charge in [0.15, 0.2) is 6.61 Å². The zero-order valence-electron chi connectivity index (χ0n) is 19.1. The molecule has 0 saturated heterocycles. The van der Waals surface area contributed by atoms with Gasteiger partial charge in [0.05, 0.1) is 35.6 Å². The highest BCUT2D eigenvalue weighted by molar-refractivity contribution is 5.94. The zero-order chi connectivity index (χ0) is 23.8. The summed E-state index contributed by atoms with van der Waals surface area (Å²) in [5, 5.41) is 9.94. The molecule has 0 unspecified atom stereocenters. The summed E-state index contributed by atoms with van der Waals surface area (Å²) in [5.74, 6) is -1.19. The van der Waals surface area contributed by atoms with E-state index in [2.05, 4.69) is 15.7 Å². The van der Waals surface area contributed by atoms with Crippen molar-refractivity contribution in [2.75, 3.05) is 18.5 Å². The fourth-order valence-electron chi connectivity index (χ4n) is 3.30. The number of benzene rings is 2. The Kier molecular flexibility index (Phi) is 7.96. The number of aromatic nitrogens is 2. The third kappa shape index (κ3) is 6.77. The van der Waals surface area contributed by atoms with Crippen LogP contribution in [0.3, 0.4) is 0 Å². The number of hydrogen-bond donors (Lipinski definition) is 2. The fourth-order valence-corrected chi connectivity index (χ4v) is 3.30. The number of hydrogen-bond acceptors (Lipinski definition) is 5. The van der Waals surface area contributed by atoms with Gasteiger partial charge in [-0.2, -0.15) is 5.10 Å². The predicted molar refractivity (Wildman–Crippen MR) is 125 cm³/mol. The highest BCUT2D eigenvalue weighted by Crippen LogP contribution is 2.23. The molecule has 8 nitrogen and oxygen atoms in total. The van der Waals surface area contributed by atoms with Gasteiger partial charge in [-0.1, -0.05) is 48.0 Å². The van der Waals surface area contributed by atoms with Gasteiger partial charge in [-0.3, -0.25) is 14.4 Å². The second kappa shape index (κ2) is 11.1. The van der Waals surface area contributed by atoms with Crippen molar-refractivity contribution in [3.8, 4) is 5.69 Å². The topological polar surface area (TPSA) is 102 Å². The van der Waals surface area contributed by atoms with E-state index in [4.69, 9.17) is 4.74 Å². The van der Waals surface area contributed by atoms with E-state index in [9.17, 15) is 14.4 Å². The standard InChI is InChI=1S/C25H28N4O4/c1-17-9-11-21(12-10-17)29-19(3)25(18(2)28-29)27-23(31)16-33-24(32)13-14-26-22(30)15-20-7-5-4-6-8-20/h4-12H,13-16H2,1-3H3,(H,26,30)(H,27,31). The molecule has 1 heterocycles. The predicted octanol–water partition coefficient (Wildman–Crippen LogP) is 3.03. The van der Waals surface area contributed by atoms with Crippen molar-refractivity contribution >= 4 is 23.5 Å². The average Bonchev–Trinajstić information content (AvgIpc) is 3.07. The fraction of sp³-hybridized carbons (Fsp3) is 0.280. The molecule has 1 aromatic heterocycles. The van der Waals surface area contributed by atoms with Crippen LogP contribution in [0.5, 0.6) is 0 Å². The minimum Gasteiger partial charge on any atom is -0.456 e. The summed E-state index contributed by atoms with van der Waals surface area (Å²) in [7, 11) is 0. The Labute approximate surface area is 193 Å². The van der Waals surface area contributed by atoms with Gasteiger partial charge in [0, 0.05) is 6.54 Å². The molecule has 8 heteroatoms. The van der Waals surface area contributed by atoms with Crippen LogP contribution in [0.1, 0.15) is 28.9 Å². The second-order valence-corrected chi connectivity index (χ2v) is 7.76. The lowest BCUT2D eigenvalue weighted by atomic mass is 10.1. The molecule has 3 aromatic rings. The lowest BCUT2D eigenvalue weighted by Crippen LogP contribution is -2.28. The molecule has 0 aliphatic heterocycles. The molecule has 2 aromatic carbocycles. The molecular formula is C25H28N4O4. The third-order valence-electron chi connectivity index (χ3n) is 5.06. The lowest BCUT2D eigenvalue weighted by molar-refractivity contribution is -0.147. The number of rotatable bonds is 9. The Hall–Kier alpha value is -3.94. The first kappa shape index (κ1) is 23.7. The van der Waals surface area contributed by atoms with E-state index >= 15 is 0 Å². The van der Waals surface area contributed by atoms with Crippen LogP contribution >= 0.6 is 0 Å². The van der Waals surface area contributed by atoms with E-state index in [1.165, 1.54) is 0 Å². The van der Waals surface area contributed by atoms with Crippen molar-refractivity contribution in [3.63, 3.8) is 0 Å². The first-order valence-corrected chi connectivity index (χ1v) is 10.7. The quantitative estimate of drug-likeness (QED) is 0.490. The molecule has 0 aliphatic rings. The molecule has 2 N–H and O–H groups in total. The molecule has 0 spiro atoms. The van der Waals surface area contributed by atoms with Gasteiger partial charge in [-0.05, 0) is 38.5 Å². The molecule has 0 atom stereocenters. The Balaban J connectivity index is 1.43. The molecule has 0 radical (unpaired) electrons. The summed E-state index contributed by atoms with van der Waals surface area (Å²) >= 11 is 0. The number of ether oxygens (including phenoxy) is 1. The average molecular weight is 449 g/mol. The van der Waals surface area contributed by atoms with E-state index < -0.39 is 18.5 Å². The summed E-state index contributed by atoms with van der Waals surface area (Å²) in [6.45, 7) is 5.41. The van der Waals surface area contributed by atoms with Gasteiger partial charge in [-0.15, -0.1) is 0 Å². The normalized spacial score (nSPS) is 10.5. The second-order valence-electron chi connectivity index (χ2n) is 7.76. The van der Waals surface area contributed by atoms with Crippen molar-refractivity contribution in [1.29, 1.82) is 0 Å². The molecular weight excluding hydrogens is 420 g/mol. The maximum Gasteiger partial charge on any atom is 0.308 e. The molecule has 0 bridgehead atoms. The Morgan fingerprint density at radius 1 is 0.939 bits per heavy atom. The molecule has 33 heavy (non-hydrogen) atoms. The minimum atomic E-state index is -0.561. The van der Waals surface area contributed by atoms with Crippen LogP contribution in [0, 0.1) is 20.8 Å². The monoisotopic (exact) mass is 448 g/mol. The minimum absolute atomic E-state index is 0.0166. The van der Waals surface area contributed by atoms with Crippen LogP contribution in [0.2, 0.25) is 0 Å². The number of nitrogens with zero attached hydrogens (tertiary/aromatic N) is 2. The summed E-state index contributed by atoms with van der Waals surface area (Å²) in [6, 6.07) is 17.2. The number of aryl methyl sites for hydroxylation is 2. The van der Waals surface area contributed by atoms with E-state index in [0.29, 0.717) is 11.4 Å². The number of anilines is 1. The Bertz CT molecular complexity index is 1120. The van der Waals surface area contributed by atoms with Gasteiger partial charge in [-0.25, -0.2) is 4.68 Å². The number of carbonyl (C=O) groups excluding carboxylic acids is 3. The van der Waals surface area contributed by atoms with E-state index in [0.717, 1.165) is 22.5 Å². The summed E-state index contributed by atoms with van der Waals surface area (Å²) in [6.07, 6.45) is 0.227. The molecule has 0 saturated carbocycles. The van der Waals surface area contributed by atoms with Gasteiger partial charge in [0.25, 0.3) is 5.91 Å².